The van der Waals surface area contributed by atoms with Gasteiger partial charge in [0.15, 0.2) is 12.2 Å². The Hall–Kier alpha value is -5.40. The van der Waals surface area contributed by atoms with Crippen LogP contribution in [0.4, 0.5) is 9.59 Å². The summed E-state index contributed by atoms with van der Waals surface area (Å²) in [5, 5.41) is 13.8. The summed E-state index contributed by atoms with van der Waals surface area (Å²) >= 11 is 0. The quantitative estimate of drug-likeness (QED) is 0.140. The van der Waals surface area contributed by atoms with Gasteiger partial charge in [0, 0.05) is 20.5 Å². The van der Waals surface area contributed by atoms with E-state index in [1.807, 2.05) is 19.1 Å². The van der Waals surface area contributed by atoms with Crippen LogP contribution in [0, 0.1) is 5.41 Å². The summed E-state index contributed by atoms with van der Waals surface area (Å²) in [6.45, 7) is 13.0. The predicted molar refractivity (Wildman–Crippen MR) is 188 cm³/mol. The first-order valence-electron chi connectivity index (χ1n) is 16.6. The molecule has 3 N–H and O–H groups in total. The zero-order valence-corrected chi connectivity index (χ0v) is 30.6. The third-order valence-electron chi connectivity index (χ3n) is 7.20. The fraction of sp³-hybridized carbons (Fsp3) is 0.459. The lowest BCUT2D eigenvalue weighted by atomic mass is 9.95. The highest BCUT2D eigenvalue weighted by atomic mass is 16.6. The third-order valence-corrected chi connectivity index (χ3v) is 7.20. The Morgan fingerprint density at radius 2 is 1.41 bits per heavy atom. The standard InChI is InChI=1S/C37H49N5O9/c1-10-21-41(9)31(44)30-28(39-23(2)43)26(42(35(47)51-37(6,7)8)33(38)40-34(46)50-36(3,4)5)22-27(48-30)32(45)49-29(24-17-13-11-14-18-24)25-19-15-12-16-20-25/h11-20,22,26,28-30H,10,21H2,1-9H3,(H,39,43)(H2,38,40,46). The van der Waals surface area contributed by atoms with Crippen molar-refractivity contribution in [2.24, 2.45) is 0 Å². The summed E-state index contributed by atoms with van der Waals surface area (Å²) in [6.07, 6.45) is -2.94. The van der Waals surface area contributed by atoms with Crippen molar-refractivity contribution in [1.82, 2.24) is 20.4 Å². The highest BCUT2D eigenvalue weighted by molar-refractivity contribution is 6.01. The molecule has 4 amide bonds. The van der Waals surface area contributed by atoms with E-state index in [0.29, 0.717) is 24.1 Å². The van der Waals surface area contributed by atoms with Crippen LogP contribution in [0.3, 0.4) is 0 Å². The molecule has 14 nitrogen and oxygen atoms in total. The lowest BCUT2D eigenvalue weighted by Crippen LogP contribution is -2.66. The van der Waals surface area contributed by atoms with Crippen LogP contribution in [0.15, 0.2) is 72.5 Å². The number of alkyl carbamates (subject to hydrolysis) is 1. The first-order chi connectivity index (χ1) is 23.8. The van der Waals surface area contributed by atoms with Crippen molar-refractivity contribution in [3.8, 4) is 0 Å². The zero-order chi connectivity index (χ0) is 38.1. The van der Waals surface area contributed by atoms with Crippen LogP contribution < -0.4 is 10.6 Å². The van der Waals surface area contributed by atoms with Gasteiger partial charge in [-0.2, -0.15) is 0 Å². The average Bonchev–Trinajstić information content (AvgIpc) is 3.02. The van der Waals surface area contributed by atoms with Crippen molar-refractivity contribution >= 4 is 35.9 Å². The molecule has 1 heterocycles. The molecule has 3 atom stereocenters. The minimum absolute atomic E-state index is 0.301. The van der Waals surface area contributed by atoms with E-state index in [9.17, 15) is 24.0 Å². The minimum atomic E-state index is -1.59. The summed E-state index contributed by atoms with van der Waals surface area (Å²) in [4.78, 5) is 69.5. The smallest absolute Gasteiger partial charge is 0.417 e. The molecule has 0 bridgehead atoms. The molecule has 0 fully saturated rings. The van der Waals surface area contributed by atoms with Crippen LogP contribution in [0.25, 0.3) is 0 Å². The number of carbonyl (C=O) groups excluding carboxylic acids is 5. The molecule has 0 spiro atoms. The minimum Gasteiger partial charge on any atom is -0.471 e. The van der Waals surface area contributed by atoms with Crippen LogP contribution in [-0.2, 0) is 33.3 Å². The SMILES string of the molecule is CCCN(C)C(=O)C1OC(C(=O)OC(c2ccccc2)c2ccccc2)=CC(N(C(=N)NC(=O)OC(C)(C)C)C(=O)OC(C)(C)C)C1NC(C)=O. The van der Waals surface area contributed by atoms with Crippen molar-refractivity contribution in [2.75, 3.05) is 13.6 Å². The van der Waals surface area contributed by atoms with Crippen LogP contribution >= 0.6 is 0 Å². The second-order valence-electron chi connectivity index (χ2n) is 14.0. The third kappa shape index (κ3) is 11.6. The monoisotopic (exact) mass is 707 g/mol. The largest absolute Gasteiger partial charge is 0.471 e. The molecule has 14 heteroatoms. The Morgan fingerprint density at radius 1 is 0.882 bits per heavy atom. The number of ether oxygens (including phenoxy) is 4. The van der Waals surface area contributed by atoms with Crippen LogP contribution in [0.2, 0.25) is 0 Å². The second-order valence-corrected chi connectivity index (χ2v) is 14.0. The maximum absolute atomic E-state index is 14.1. The molecule has 0 aromatic heterocycles. The van der Waals surface area contributed by atoms with E-state index >= 15 is 0 Å². The van der Waals surface area contributed by atoms with Gasteiger partial charge in [-0.05, 0) is 65.2 Å². The molecule has 0 saturated heterocycles. The topological polar surface area (TPSA) is 177 Å². The Balaban J connectivity index is 2.22. The summed E-state index contributed by atoms with van der Waals surface area (Å²) in [5.74, 6) is -3.51. The highest BCUT2D eigenvalue weighted by Gasteiger charge is 2.48. The molecule has 276 valence electrons. The van der Waals surface area contributed by atoms with E-state index < -0.39 is 77.2 Å². The van der Waals surface area contributed by atoms with Gasteiger partial charge < -0.3 is 29.2 Å². The number of hydrogen-bond acceptors (Lipinski definition) is 10. The Bertz CT molecular complexity index is 1560. The normalized spacial score (nSPS) is 17.2. The van der Waals surface area contributed by atoms with Crippen molar-refractivity contribution in [2.45, 2.75) is 97.3 Å². The molecule has 1 aliphatic heterocycles. The number of hydrogen-bond donors (Lipinski definition) is 3. The average molecular weight is 708 g/mol. The zero-order valence-electron chi connectivity index (χ0n) is 30.6. The van der Waals surface area contributed by atoms with Gasteiger partial charge in [-0.15, -0.1) is 0 Å². The number of nitrogens with zero attached hydrogens (tertiary/aromatic N) is 2. The summed E-state index contributed by atoms with van der Waals surface area (Å²) in [7, 11) is 1.53. The van der Waals surface area contributed by atoms with Gasteiger partial charge in [0.25, 0.3) is 5.91 Å². The van der Waals surface area contributed by atoms with E-state index in [-0.39, 0.29) is 0 Å². The van der Waals surface area contributed by atoms with Gasteiger partial charge in [-0.25, -0.2) is 19.3 Å². The van der Waals surface area contributed by atoms with Crippen molar-refractivity contribution in [3.63, 3.8) is 0 Å². The lowest BCUT2D eigenvalue weighted by Gasteiger charge is -2.42. The Morgan fingerprint density at radius 3 is 1.88 bits per heavy atom. The number of carbonyl (C=O) groups is 5. The molecule has 2 aromatic rings. The van der Waals surface area contributed by atoms with E-state index in [4.69, 9.17) is 24.4 Å². The molecule has 3 rings (SSSR count). The number of rotatable bonds is 9. The molecular weight excluding hydrogens is 658 g/mol. The van der Waals surface area contributed by atoms with E-state index in [0.717, 1.165) is 11.0 Å². The first kappa shape index (κ1) is 40.0. The van der Waals surface area contributed by atoms with Crippen molar-refractivity contribution < 1.29 is 42.9 Å². The van der Waals surface area contributed by atoms with Crippen LogP contribution in [0.1, 0.15) is 79.0 Å². The maximum Gasteiger partial charge on any atom is 0.417 e. The molecule has 1 aliphatic rings. The second kappa shape index (κ2) is 17.0. The van der Waals surface area contributed by atoms with Crippen LogP contribution in [-0.4, -0.2) is 88.7 Å². The van der Waals surface area contributed by atoms with Gasteiger partial charge >= 0.3 is 18.2 Å². The fourth-order valence-corrected chi connectivity index (χ4v) is 5.18. The van der Waals surface area contributed by atoms with Crippen molar-refractivity contribution in [1.29, 1.82) is 5.41 Å². The number of likely N-dealkylation sites (N-methyl/N-ethyl adjacent to an activating group) is 1. The number of nitrogens with one attached hydrogen (secondary N) is 3. The summed E-state index contributed by atoms with van der Waals surface area (Å²) < 4.78 is 23.0. The van der Waals surface area contributed by atoms with Gasteiger partial charge in [-0.3, -0.25) is 20.3 Å². The summed E-state index contributed by atoms with van der Waals surface area (Å²) in [6, 6.07) is 15.1. The molecule has 3 unspecified atom stereocenters. The molecule has 2 aromatic carbocycles. The van der Waals surface area contributed by atoms with E-state index in [1.54, 1.807) is 90.1 Å². The Labute approximate surface area is 298 Å². The molecular formula is C37H49N5O9. The predicted octanol–water partition coefficient (Wildman–Crippen LogP) is 5.04. The number of esters is 1. The van der Waals surface area contributed by atoms with E-state index in [1.165, 1.54) is 18.9 Å². The van der Waals surface area contributed by atoms with Crippen LogP contribution in [0.5, 0.6) is 0 Å². The molecule has 0 radical (unpaired) electrons. The Kier molecular flexibility index (Phi) is 13.4. The summed E-state index contributed by atoms with van der Waals surface area (Å²) in [5.41, 5.74) is -0.743. The number of guanidine groups is 1. The van der Waals surface area contributed by atoms with Gasteiger partial charge in [0.2, 0.25) is 17.6 Å². The molecule has 0 saturated carbocycles. The van der Waals surface area contributed by atoms with Gasteiger partial charge in [0.05, 0.1) is 12.1 Å². The first-order valence-corrected chi connectivity index (χ1v) is 16.6. The molecule has 0 aliphatic carbocycles. The van der Waals surface area contributed by atoms with Crippen molar-refractivity contribution in [3.05, 3.63) is 83.6 Å². The van der Waals surface area contributed by atoms with Gasteiger partial charge in [0.1, 0.15) is 11.2 Å². The number of benzene rings is 2. The molecule has 51 heavy (non-hydrogen) atoms. The van der Waals surface area contributed by atoms with E-state index in [2.05, 4.69) is 10.6 Å². The van der Waals surface area contributed by atoms with Gasteiger partial charge in [-0.1, -0.05) is 67.6 Å². The lowest BCUT2D eigenvalue weighted by molar-refractivity contribution is -0.154. The fourth-order valence-electron chi connectivity index (χ4n) is 5.18. The highest BCUT2D eigenvalue weighted by Crippen LogP contribution is 2.31. The number of amides is 4. The maximum atomic E-state index is 14.1.